The standard InChI is InChI=1S/C8H14N2OS/c1-2-3-4-10-7(6-11)5-9-8(10)12/h5,11H,2-4,6H2,1H3,(H,9,12). The number of aromatic amines is 1. The van der Waals surface area contributed by atoms with Gasteiger partial charge in [-0.15, -0.1) is 0 Å². The van der Waals surface area contributed by atoms with E-state index in [1.165, 1.54) is 0 Å². The van der Waals surface area contributed by atoms with E-state index in [0.29, 0.717) is 4.77 Å². The molecule has 0 aliphatic rings. The van der Waals surface area contributed by atoms with Crippen LogP contribution in [0.1, 0.15) is 25.5 Å². The summed E-state index contributed by atoms with van der Waals surface area (Å²) in [5.41, 5.74) is 0.869. The molecule has 0 aromatic carbocycles. The molecule has 0 atom stereocenters. The molecule has 0 fully saturated rings. The van der Waals surface area contributed by atoms with Crippen molar-refractivity contribution >= 4 is 12.2 Å². The summed E-state index contributed by atoms with van der Waals surface area (Å²) < 4.78 is 2.64. The fraction of sp³-hybridized carbons (Fsp3) is 0.625. The van der Waals surface area contributed by atoms with E-state index in [0.717, 1.165) is 25.1 Å². The van der Waals surface area contributed by atoms with Crippen LogP contribution in [-0.4, -0.2) is 14.7 Å². The first kappa shape index (κ1) is 9.48. The number of hydrogen-bond donors (Lipinski definition) is 2. The average molecular weight is 186 g/mol. The maximum atomic E-state index is 8.94. The van der Waals surface area contributed by atoms with Crippen molar-refractivity contribution in [3.05, 3.63) is 16.7 Å². The Labute approximate surface area is 77.0 Å². The second-order valence-electron chi connectivity index (χ2n) is 2.75. The van der Waals surface area contributed by atoms with Crippen LogP contribution in [0, 0.1) is 4.77 Å². The van der Waals surface area contributed by atoms with E-state index < -0.39 is 0 Å². The van der Waals surface area contributed by atoms with Gasteiger partial charge in [-0.2, -0.15) is 0 Å². The minimum absolute atomic E-state index is 0.0524. The topological polar surface area (TPSA) is 41.0 Å². The molecule has 0 unspecified atom stereocenters. The van der Waals surface area contributed by atoms with Gasteiger partial charge in [-0.3, -0.25) is 0 Å². The highest BCUT2D eigenvalue weighted by atomic mass is 32.1. The van der Waals surface area contributed by atoms with Crippen LogP contribution in [0.15, 0.2) is 6.20 Å². The van der Waals surface area contributed by atoms with Gasteiger partial charge in [0, 0.05) is 12.7 Å². The molecule has 0 spiro atoms. The largest absolute Gasteiger partial charge is 0.390 e. The van der Waals surface area contributed by atoms with Crippen molar-refractivity contribution in [1.82, 2.24) is 9.55 Å². The van der Waals surface area contributed by atoms with Gasteiger partial charge < -0.3 is 14.7 Å². The lowest BCUT2D eigenvalue weighted by atomic mass is 10.3. The Kier molecular flexibility index (Phi) is 3.49. The van der Waals surface area contributed by atoms with Crippen molar-refractivity contribution in [3.8, 4) is 0 Å². The van der Waals surface area contributed by atoms with Crippen LogP contribution in [0.25, 0.3) is 0 Å². The molecular weight excluding hydrogens is 172 g/mol. The smallest absolute Gasteiger partial charge is 0.177 e. The molecule has 0 amide bonds. The molecule has 0 aliphatic carbocycles. The van der Waals surface area contributed by atoms with Crippen molar-refractivity contribution in [3.63, 3.8) is 0 Å². The normalized spacial score (nSPS) is 10.5. The Morgan fingerprint density at radius 2 is 2.42 bits per heavy atom. The van der Waals surface area contributed by atoms with Gasteiger partial charge in [0.2, 0.25) is 0 Å². The molecule has 0 bridgehead atoms. The zero-order chi connectivity index (χ0) is 8.97. The molecule has 1 heterocycles. The summed E-state index contributed by atoms with van der Waals surface area (Å²) in [7, 11) is 0. The van der Waals surface area contributed by atoms with Gasteiger partial charge in [-0.25, -0.2) is 0 Å². The van der Waals surface area contributed by atoms with E-state index >= 15 is 0 Å². The first-order valence-corrected chi connectivity index (χ1v) is 4.58. The highest BCUT2D eigenvalue weighted by molar-refractivity contribution is 7.71. The monoisotopic (exact) mass is 186 g/mol. The Bertz CT molecular complexity index is 289. The lowest BCUT2D eigenvalue weighted by Crippen LogP contribution is -2.02. The highest BCUT2D eigenvalue weighted by Crippen LogP contribution is 2.03. The summed E-state index contributed by atoms with van der Waals surface area (Å²) >= 11 is 5.05. The van der Waals surface area contributed by atoms with Crippen molar-refractivity contribution < 1.29 is 5.11 Å². The number of rotatable bonds is 4. The zero-order valence-corrected chi connectivity index (χ0v) is 8.02. The van der Waals surface area contributed by atoms with Crippen LogP contribution in [0.4, 0.5) is 0 Å². The van der Waals surface area contributed by atoms with Crippen LogP contribution < -0.4 is 0 Å². The molecule has 0 saturated carbocycles. The second kappa shape index (κ2) is 4.42. The molecule has 4 heteroatoms. The number of nitrogens with zero attached hydrogens (tertiary/aromatic N) is 1. The minimum atomic E-state index is 0.0524. The first-order chi connectivity index (χ1) is 5.79. The van der Waals surface area contributed by atoms with Crippen LogP contribution in [0.5, 0.6) is 0 Å². The van der Waals surface area contributed by atoms with Crippen molar-refractivity contribution in [2.24, 2.45) is 0 Å². The molecular formula is C8H14N2OS. The molecule has 0 saturated heterocycles. The summed E-state index contributed by atoms with van der Waals surface area (Å²) in [5, 5.41) is 8.94. The van der Waals surface area contributed by atoms with E-state index in [1.54, 1.807) is 6.20 Å². The zero-order valence-electron chi connectivity index (χ0n) is 7.21. The predicted octanol–water partition coefficient (Wildman–Crippen LogP) is 1.84. The van der Waals surface area contributed by atoms with Crippen molar-refractivity contribution in [1.29, 1.82) is 0 Å². The SMILES string of the molecule is CCCCn1c(CO)c[nH]c1=S. The lowest BCUT2D eigenvalue weighted by Gasteiger charge is -2.03. The predicted molar refractivity (Wildman–Crippen MR) is 50.4 cm³/mol. The summed E-state index contributed by atoms with van der Waals surface area (Å²) in [4.78, 5) is 2.91. The van der Waals surface area contributed by atoms with Crippen molar-refractivity contribution in [2.75, 3.05) is 0 Å². The van der Waals surface area contributed by atoms with Gasteiger partial charge in [-0.1, -0.05) is 13.3 Å². The van der Waals surface area contributed by atoms with Gasteiger partial charge in [0.05, 0.1) is 12.3 Å². The van der Waals surface area contributed by atoms with Gasteiger partial charge in [0.25, 0.3) is 0 Å². The fourth-order valence-corrected chi connectivity index (χ4v) is 1.39. The average Bonchev–Trinajstić information content (AvgIpc) is 2.43. The molecule has 0 aliphatic heterocycles. The second-order valence-corrected chi connectivity index (χ2v) is 3.14. The highest BCUT2D eigenvalue weighted by Gasteiger charge is 2.00. The number of H-pyrrole nitrogens is 1. The van der Waals surface area contributed by atoms with E-state index in [1.807, 2.05) is 4.57 Å². The summed E-state index contributed by atoms with van der Waals surface area (Å²) in [6.45, 7) is 3.08. The van der Waals surface area contributed by atoms with Crippen LogP contribution in [-0.2, 0) is 13.2 Å². The quantitative estimate of drug-likeness (QED) is 0.704. The summed E-state index contributed by atoms with van der Waals surface area (Å²) in [6.07, 6.45) is 4.00. The third-order valence-electron chi connectivity index (χ3n) is 1.85. The van der Waals surface area contributed by atoms with E-state index in [9.17, 15) is 0 Å². The molecule has 1 aromatic rings. The number of aliphatic hydroxyl groups is 1. The minimum Gasteiger partial charge on any atom is -0.390 e. The molecule has 3 nitrogen and oxygen atoms in total. The first-order valence-electron chi connectivity index (χ1n) is 4.17. The number of unbranched alkanes of at least 4 members (excludes halogenated alkanes) is 1. The molecule has 1 rings (SSSR count). The molecule has 2 N–H and O–H groups in total. The van der Waals surface area contributed by atoms with Crippen LogP contribution in [0.3, 0.4) is 0 Å². The van der Waals surface area contributed by atoms with Gasteiger partial charge in [-0.05, 0) is 18.6 Å². The molecule has 68 valence electrons. The molecule has 1 aromatic heterocycles. The fourth-order valence-electron chi connectivity index (χ4n) is 1.12. The summed E-state index contributed by atoms with van der Waals surface area (Å²) in [5.74, 6) is 0. The van der Waals surface area contributed by atoms with Crippen LogP contribution in [0.2, 0.25) is 0 Å². The molecule has 12 heavy (non-hydrogen) atoms. The van der Waals surface area contributed by atoms with Crippen molar-refractivity contribution in [2.45, 2.75) is 32.9 Å². The maximum Gasteiger partial charge on any atom is 0.177 e. The van der Waals surface area contributed by atoms with Gasteiger partial charge >= 0.3 is 0 Å². The Balaban J connectivity index is 2.79. The maximum absolute atomic E-state index is 8.94. The lowest BCUT2D eigenvalue weighted by molar-refractivity contribution is 0.270. The summed E-state index contributed by atoms with van der Waals surface area (Å²) in [6, 6.07) is 0. The van der Waals surface area contributed by atoms with Crippen LogP contribution >= 0.6 is 12.2 Å². The van der Waals surface area contributed by atoms with E-state index in [-0.39, 0.29) is 6.61 Å². The number of imidazole rings is 1. The van der Waals surface area contributed by atoms with Gasteiger partial charge in [0.1, 0.15) is 0 Å². The number of aliphatic hydroxyl groups excluding tert-OH is 1. The number of aromatic nitrogens is 2. The van der Waals surface area contributed by atoms with E-state index in [4.69, 9.17) is 17.3 Å². The number of hydrogen-bond acceptors (Lipinski definition) is 2. The third-order valence-corrected chi connectivity index (χ3v) is 2.19. The Hall–Kier alpha value is -0.610. The van der Waals surface area contributed by atoms with Gasteiger partial charge in [0.15, 0.2) is 4.77 Å². The Morgan fingerprint density at radius 1 is 1.67 bits per heavy atom. The van der Waals surface area contributed by atoms with E-state index in [2.05, 4.69) is 11.9 Å². The molecule has 0 radical (unpaired) electrons. The Morgan fingerprint density at radius 3 is 3.00 bits per heavy atom. The third kappa shape index (κ3) is 1.95. The number of nitrogens with one attached hydrogen (secondary N) is 1.